The molecule has 194 valence electrons. The summed E-state index contributed by atoms with van der Waals surface area (Å²) in [6, 6.07) is 17.1. The van der Waals surface area contributed by atoms with Crippen molar-refractivity contribution in [2.75, 3.05) is 31.0 Å². The van der Waals surface area contributed by atoms with Gasteiger partial charge in [-0.05, 0) is 60.2 Å². The van der Waals surface area contributed by atoms with E-state index >= 15 is 0 Å². The molecule has 0 atom stereocenters. The molecular weight excluding hydrogens is 514 g/mol. The van der Waals surface area contributed by atoms with Crippen molar-refractivity contribution in [3.8, 4) is 17.2 Å². The minimum Gasteiger partial charge on any atom is -0.497 e. The highest BCUT2D eigenvalue weighted by Gasteiger charge is 2.36. The summed E-state index contributed by atoms with van der Waals surface area (Å²) in [4.78, 5) is 51.1. The number of hydrogen-bond donors (Lipinski definition) is 2. The predicted molar refractivity (Wildman–Crippen MR) is 141 cm³/mol. The molecule has 0 aromatic heterocycles. The molecule has 1 aliphatic rings. The highest BCUT2D eigenvalue weighted by molar-refractivity contribution is 6.39. The number of urea groups is 1. The number of rotatable bonds is 8. The molecule has 3 aromatic rings. The first-order valence-corrected chi connectivity index (χ1v) is 11.6. The fraction of sp³-hybridized carbons (Fsp3) is 0.111. The van der Waals surface area contributed by atoms with Crippen molar-refractivity contribution >= 4 is 52.8 Å². The monoisotopic (exact) mass is 535 g/mol. The van der Waals surface area contributed by atoms with Crippen LogP contribution < -0.4 is 29.7 Å². The van der Waals surface area contributed by atoms with Crippen LogP contribution in [0.5, 0.6) is 17.2 Å². The molecule has 0 saturated carbocycles. The third-order valence-electron chi connectivity index (χ3n) is 5.40. The largest absolute Gasteiger partial charge is 0.497 e. The molecule has 0 spiro atoms. The summed E-state index contributed by atoms with van der Waals surface area (Å²) >= 11 is 6.40. The maximum atomic E-state index is 13.1. The first-order valence-electron chi connectivity index (χ1n) is 11.2. The van der Waals surface area contributed by atoms with Crippen molar-refractivity contribution < 1.29 is 33.4 Å². The van der Waals surface area contributed by atoms with Gasteiger partial charge in [-0.1, -0.05) is 29.8 Å². The van der Waals surface area contributed by atoms with Gasteiger partial charge in [-0.25, -0.2) is 9.69 Å². The summed E-state index contributed by atoms with van der Waals surface area (Å²) in [5, 5.41) is 4.93. The third-order valence-corrected chi connectivity index (χ3v) is 5.68. The molecule has 1 heterocycles. The average Bonchev–Trinajstić information content (AvgIpc) is 2.91. The normalized spacial score (nSPS) is 14.2. The highest BCUT2D eigenvalue weighted by atomic mass is 35.5. The van der Waals surface area contributed by atoms with Crippen LogP contribution in [0.25, 0.3) is 6.08 Å². The van der Waals surface area contributed by atoms with Crippen LogP contribution in [-0.4, -0.2) is 44.6 Å². The number of barbiturate groups is 1. The molecule has 11 heteroatoms. The van der Waals surface area contributed by atoms with Crippen LogP contribution in [0.2, 0.25) is 5.02 Å². The van der Waals surface area contributed by atoms with Crippen LogP contribution in [-0.2, 0) is 14.4 Å². The highest BCUT2D eigenvalue weighted by Crippen LogP contribution is 2.37. The van der Waals surface area contributed by atoms with Crippen molar-refractivity contribution in [2.45, 2.75) is 0 Å². The van der Waals surface area contributed by atoms with E-state index in [2.05, 4.69) is 10.6 Å². The molecule has 2 N–H and O–H groups in total. The molecule has 38 heavy (non-hydrogen) atoms. The number of anilines is 2. The smallest absolute Gasteiger partial charge is 0.335 e. The second-order valence-corrected chi connectivity index (χ2v) is 8.30. The summed E-state index contributed by atoms with van der Waals surface area (Å²) in [7, 11) is 2.92. The molecule has 3 aromatic carbocycles. The first-order chi connectivity index (χ1) is 18.3. The molecule has 10 nitrogen and oxygen atoms in total. The average molecular weight is 536 g/mol. The zero-order valence-corrected chi connectivity index (χ0v) is 21.1. The van der Waals surface area contributed by atoms with E-state index in [4.69, 9.17) is 25.8 Å². The van der Waals surface area contributed by atoms with E-state index < -0.39 is 23.8 Å². The molecule has 0 aliphatic carbocycles. The van der Waals surface area contributed by atoms with Crippen LogP contribution in [0, 0.1) is 0 Å². The second-order valence-electron chi connectivity index (χ2n) is 7.89. The summed E-state index contributed by atoms with van der Waals surface area (Å²) < 4.78 is 16.0. The second kappa shape index (κ2) is 11.5. The van der Waals surface area contributed by atoms with Gasteiger partial charge in [-0.2, -0.15) is 0 Å². The molecule has 0 radical (unpaired) electrons. The molecular formula is C27H22ClN3O7. The lowest BCUT2D eigenvalue weighted by molar-refractivity contribution is -0.122. The quantitative estimate of drug-likeness (QED) is 0.329. The number of methoxy groups -OCH3 is 2. The Morgan fingerprint density at radius 3 is 2.37 bits per heavy atom. The van der Waals surface area contributed by atoms with Crippen LogP contribution in [0.15, 0.2) is 72.3 Å². The number of carbonyl (C=O) groups excluding carboxylic acids is 4. The van der Waals surface area contributed by atoms with Crippen LogP contribution in [0.3, 0.4) is 0 Å². The zero-order valence-electron chi connectivity index (χ0n) is 20.3. The van der Waals surface area contributed by atoms with Crippen molar-refractivity contribution in [1.29, 1.82) is 0 Å². The van der Waals surface area contributed by atoms with Crippen molar-refractivity contribution in [2.24, 2.45) is 0 Å². The first kappa shape index (κ1) is 26.2. The molecule has 4 rings (SSSR count). The van der Waals surface area contributed by atoms with E-state index in [1.54, 1.807) is 61.7 Å². The maximum absolute atomic E-state index is 13.1. The van der Waals surface area contributed by atoms with E-state index in [0.29, 0.717) is 22.7 Å². The van der Waals surface area contributed by atoms with Crippen LogP contribution in [0.1, 0.15) is 5.56 Å². The lowest BCUT2D eigenvalue weighted by Gasteiger charge is -2.26. The van der Waals surface area contributed by atoms with Crippen LogP contribution in [0.4, 0.5) is 16.2 Å². The van der Waals surface area contributed by atoms with Gasteiger partial charge in [0, 0.05) is 5.69 Å². The van der Waals surface area contributed by atoms with Crippen molar-refractivity contribution in [3.63, 3.8) is 0 Å². The van der Waals surface area contributed by atoms with Crippen molar-refractivity contribution in [1.82, 2.24) is 5.32 Å². The Labute approximate surface area is 222 Å². The summed E-state index contributed by atoms with van der Waals surface area (Å²) in [5.41, 5.74) is 0.917. The number of benzene rings is 3. The number of amides is 5. The Bertz CT molecular complexity index is 1420. The number of para-hydroxylation sites is 1. The number of carbonyl (C=O) groups is 4. The Hall–Kier alpha value is -4.83. The number of nitrogens with zero attached hydrogens (tertiary/aromatic N) is 1. The van der Waals surface area contributed by atoms with Gasteiger partial charge in [0.1, 0.15) is 11.3 Å². The molecule has 0 bridgehead atoms. The Morgan fingerprint density at radius 2 is 1.71 bits per heavy atom. The van der Waals surface area contributed by atoms with Gasteiger partial charge >= 0.3 is 6.03 Å². The molecule has 1 aliphatic heterocycles. The lowest BCUT2D eigenvalue weighted by Crippen LogP contribution is -2.54. The predicted octanol–water partition coefficient (Wildman–Crippen LogP) is 4.04. The van der Waals surface area contributed by atoms with E-state index in [0.717, 1.165) is 4.90 Å². The SMILES string of the molecule is COc1ccc(NC(=O)COc2c(Cl)cc(/C=C3/C(=O)NC(=O)N(c4ccccc4)C3=O)cc2OC)cc1. The van der Waals surface area contributed by atoms with Crippen LogP contribution >= 0.6 is 11.6 Å². The minimum atomic E-state index is -0.851. The van der Waals surface area contributed by atoms with Gasteiger partial charge in [0.15, 0.2) is 18.1 Å². The number of hydrogen-bond acceptors (Lipinski definition) is 7. The van der Waals surface area contributed by atoms with E-state index in [-0.39, 0.29) is 28.7 Å². The Balaban J connectivity index is 1.52. The molecule has 0 unspecified atom stereocenters. The molecule has 5 amide bonds. The Morgan fingerprint density at radius 1 is 1.00 bits per heavy atom. The van der Waals surface area contributed by atoms with E-state index in [9.17, 15) is 19.2 Å². The summed E-state index contributed by atoms with van der Waals surface area (Å²) in [6.07, 6.45) is 1.29. The number of imide groups is 2. The summed E-state index contributed by atoms with van der Waals surface area (Å²) in [6.45, 7) is -0.364. The van der Waals surface area contributed by atoms with Gasteiger partial charge in [0.25, 0.3) is 17.7 Å². The fourth-order valence-electron chi connectivity index (χ4n) is 3.61. The number of ether oxygens (including phenoxy) is 3. The van der Waals surface area contributed by atoms with Gasteiger partial charge in [0.2, 0.25) is 0 Å². The van der Waals surface area contributed by atoms with Crippen molar-refractivity contribution in [3.05, 3.63) is 82.9 Å². The van der Waals surface area contributed by atoms with Gasteiger partial charge < -0.3 is 19.5 Å². The van der Waals surface area contributed by atoms with Gasteiger partial charge in [0.05, 0.1) is 24.9 Å². The topological polar surface area (TPSA) is 123 Å². The summed E-state index contributed by atoms with van der Waals surface area (Å²) in [5.74, 6) is -1.16. The minimum absolute atomic E-state index is 0.0769. The van der Waals surface area contributed by atoms with Gasteiger partial charge in [-0.3, -0.25) is 19.7 Å². The molecule has 1 fully saturated rings. The zero-order chi connectivity index (χ0) is 27.2. The van der Waals surface area contributed by atoms with E-state index in [1.165, 1.54) is 25.3 Å². The van der Waals surface area contributed by atoms with E-state index in [1.807, 2.05) is 0 Å². The molecule has 1 saturated heterocycles. The Kier molecular flexibility index (Phi) is 7.93. The fourth-order valence-corrected chi connectivity index (χ4v) is 3.88. The number of nitrogens with one attached hydrogen (secondary N) is 2. The maximum Gasteiger partial charge on any atom is 0.335 e. The van der Waals surface area contributed by atoms with Gasteiger partial charge in [-0.15, -0.1) is 0 Å². The lowest BCUT2D eigenvalue weighted by atomic mass is 10.1. The number of halogens is 1. The standard InChI is InChI=1S/C27H22ClN3O7/c1-36-19-10-8-17(9-11-19)29-23(32)15-38-24-21(28)13-16(14-22(24)37-2)12-20-25(33)30-27(35)31(26(20)34)18-6-4-3-5-7-18/h3-14H,15H2,1-2H3,(H,29,32)(H,30,33,35)/b20-12-. The third kappa shape index (κ3) is 5.76.